The van der Waals surface area contributed by atoms with Gasteiger partial charge in [-0.3, -0.25) is 0 Å². The molecule has 2 rings (SSSR count). The summed E-state index contributed by atoms with van der Waals surface area (Å²) < 4.78 is 56.7. The molecule has 1 aliphatic heterocycles. The van der Waals surface area contributed by atoms with Gasteiger partial charge in [-0.25, -0.2) is 4.79 Å². The zero-order valence-corrected chi connectivity index (χ0v) is 16.4. The van der Waals surface area contributed by atoms with Gasteiger partial charge in [0.15, 0.2) is 0 Å². The molecule has 0 aliphatic carbocycles. The van der Waals surface area contributed by atoms with Gasteiger partial charge < -0.3 is 18.9 Å². The number of nitrogens with zero attached hydrogens (tertiary/aromatic N) is 1. The van der Waals surface area contributed by atoms with E-state index < -0.39 is 36.2 Å². The molecule has 0 radical (unpaired) electrons. The van der Waals surface area contributed by atoms with Gasteiger partial charge in [-0.05, 0) is 59.7 Å². The molecule has 5 nitrogen and oxygen atoms in total. The smallest absolute Gasteiger partial charge is 0.411 e. The highest BCUT2D eigenvalue weighted by atomic mass is 19.4. The summed E-state index contributed by atoms with van der Waals surface area (Å²) in [6.07, 6.45) is -5.18. The number of amides is 1. The molecule has 150 valence electrons. The first-order chi connectivity index (χ1) is 12.3. The zero-order valence-electron chi connectivity index (χ0n) is 16.4. The maximum Gasteiger partial charge on any atom is 0.498 e. The van der Waals surface area contributed by atoms with Crippen LogP contribution in [0.1, 0.15) is 47.1 Å². The number of halogens is 3. The SMILES string of the molecule is CCN(CC)C(=O)Oc1ccc(C(F)(F)F)cc1B1OC(C)(C)C(C)(C)O1. The first-order valence-corrected chi connectivity index (χ1v) is 8.86. The summed E-state index contributed by atoms with van der Waals surface area (Å²) in [7, 11) is -1.09. The molecule has 9 heteroatoms. The predicted molar refractivity (Wildman–Crippen MR) is 96.1 cm³/mol. The van der Waals surface area contributed by atoms with Crippen molar-refractivity contribution in [2.24, 2.45) is 0 Å². The summed E-state index contributed by atoms with van der Waals surface area (Å²) >= 11 is 0. The highest BCUT2D eigenvalue weighted by molar-refractivity contribution is 6.63. The fourth-order valence-corrected chi connectivity index (χ4v) is 2.61. The molecule has 1 aliphatic rings. The molecule has 1 aromatic carbocycles. The third kappa shape index (κ3) is 4.40. The summed E-state index contributed by atoms with van der Waals surface area (Å²) in [5.74, 6) is -0.0154. The lowest BCUT2D eigenvalue weighted by molar-refractivity contribution is -0.137. The maximum absolute atomic E-state index is 13.2. The second kappa shape index (κ2) is 7.35. The number of carbonyl (C=O) groups is 1. The number of benzene rings is 1. The second-order valence-electron chi connectivity index (χ2n) is 7.38. The Labute approximate surface area is 157 Å². The molecule has 1 heterocycles. The van der Waals surface area contributed by atoms with Crippen molar-refractivity contribution in [2.75, 3.05) is 13.1 Å². The molecule has 0 unspecified atom stereocenters. The first kappa shape index (κ1) is 21.6. The van der Waals surface area contributed by atoms with Crippen molar-refractivity contribution in [1.82, 2.24) is 4.90 Å². The highest BCUT2D eigenvalue weighted by Gasteiger charge is 2.53. The van der Waals surface area contributed by atoms with Crippen LogP contribution in [0.5, 0.6) is 5.75 Å². The van der Waals surface area contributed by atoms with Gasteiger partial charge >= 0.3 is 19.4 Å². The van der Waals surface area contributed by atoms with E-state index in [-0.39, 0.29) is 11.2 Å². The summed E-state index contributed by atoms with van der Waals surface area (Å²) in [4.78, 5) is 13.7. The normalized spacial score (nSPS) is 18.5. The van der Waals surface area contributed by atoms with E-state index in [1.165, 1.54) is 4.90 Å². The lowest BCUT2D eigenvalue weighted by Gasteiger charge is -2.32. The van der Waals surface area contributed by atoms with Gasteiger partial charge in [-0.15, -0.1) is 0 Å². The van der Waals surface area contributed by atoms with Gasteiger partial charge in [0.25, 0.3) is 0 Å². The minimum atomic E-state index is -4.54. The molecule has 0 N–H and O–H groups in total. The van der Waals surface area contributed by atoms with Crippen LogP contribution in [0.3, 0.4) is 0 Å². The molecular formula is C18H25BF3NO4. The van der Waals surface area contributed by atoms with E-state index in [4.69, 9.17) is 14.0 Å². The van der Waals surface area contributed by atoms with E-state index >= 15 is 0 Å². The number of hydrogen-bond donors (Lipinski definition) is 0. The topological polar surface area (TPSA) is 48.0 Å². The molecule has 1 fully saturated rings. The van der Waals surface area contributed by atoms with Crippen molar-refractivity contribution in [1.29, 1.82) is 0 Å². The quantitative estimate of drug-likeness (QED) is 0.737. The predicted octanol–water partition coefficient (Wildman–Crippen LogP) is 3.85. The third-order valence-corrected chi connectivity index (χ3v) is 5.06. The fourth-order valence-electron chi connectivity index (χ4n) is 2.61. The Hall–Kier alpha value is -1.74. The number of alkyl halides is 3. The molecule has 0 saturated carbocycles. The summed E-state index contributed by atoms with van der Waals surface area (Å²) in [6.45, 7) is 11.6. The van der Waals surface area contributed by atoms with Gasteiger partial charge in [0.1, 0.15) is 5.75 Å². The number of carbonyl (C=O) groups excluding carboxylic acids is 1. The summed E-state index contributed by atoms with van der Waals surface area (Å²) in [5, 5.41) is 0. The van der Waals surface area contributed by atoms with Crippen LogP contribution in [0, 0.1) is 0 Å². The van der Waals surface area contributed by atoms with E-state index in [0.717, 1.165) is 18.2 Å². The molecule has 1 saturated heterocycles. The van der Waals surface area contributed by atoms with Gasteiger partial charge in [0, 0.05) is 18.6 Å². The van der Waals surface area contributed by atoms with Gasteiger partial charge in [-0.1, -0.05) is 0 Å². The van der Waals surface area contributed by atoms with Crippen LogP contribution in [0.15, 0.2) is 18.2 Å². The van der Waals surface area contributed by atoms with E-state index in [1.54, 1.807) is 41.5 Å². The fraction of sp³-hybridized carbons (Fsp3) is 0.611. The van der Waals surface area contributed by atoms with Crippen molar-refractivity contribution in [3.05, 3.63) is 23.8 Å². The van der Waals surface area contributed by atoms with Gasteiger partial charge in [0.05, 0.1) is 16.8 Å². The Balaban J connectivity index is 2.45. The van der Waals surface area contributed by atoms with Crippen LogP contribution in [0.25, 0.3) is 0 Å². The largest absolute Gasteiger partial charge is 0.498 e. The minimum absolute atomic E-state index is 0.0154. The highest BCUT2D eigenvalue weighted by Crippen LogP contribution is 2.38. The van der Waals surface area contributed by atoms with Crippen molar-refractivity contribution in [3.63, 3.8) is 0 Å². The number of hydrogen-bond acceptors (Lipinski definition) is 4. The molecular weight excluding hydrogens is 362 g/mol. The number of ether oxygens (including phenoxy) is 1. The van der Waals surface area contributed by atoms with Gasteiger partial charge in [-0.2, -0.15) is 13.2 Å². The number of rotatable bonds is 4. The molecule has 27 heavy (non-hydrogen) atoms. The van der Waals surface area contributed by atoms with Crippen LogP contribution < -0.4 is 10.2 Å². The Kier molecular flexibility index (Phi) is 5.87. The van der Waals surface area contributed by atoms with Crippen molar-refractivity contribution < 1.29 is 32.0 Å². The molecule has 0 spiro atoms. The van der Waals surface area contributed by atoms with Crippen molar-refractivity contribution in [3.8, 4) is 5.75 Å². The molecule has 0 bridgehead atoms. The molecule has 0 atom stereocenters. The third-order valence-electron chi connectivity index (χ3n) is 5.06. The molecule has 1 aromatic rings. The van der Waals surface area contributed by atoms with Crippen molar-refractivity contribution in [2.45, 2.75) is 58.9 Å². The average molecular weight is 387 g/mol. The van der Waals surface area contributed by atoms with E-state index in [9.17, 15) is 18.0 Å². The molecule has 0 aromatic heterocycles. The Morgan fingerprint density at radius 1 is 1.11 bits per heavy atom. The van der Waals surface area contributed by atoms with E-state index in [0.29, 0.717) is 13.1 Å². The zero-order chi connectivity index (χ0) is 20.6. The molecule has 1 amide bonds. The monoisotopic (exact) mass is 387 g/mol. The Morgan fingerprint density at radius 2 is 1.63 bits per heavy atom. The van der Waals surface area contributed by atoms with Gasteiger partial charge in [0.2, 0.25) is 0 Å². The second-order valence-corrected chi connectivity index (χ2v) is 7.38. The van der Waals surface area contributed by atoms with Crippen molar-refractivity contribution >= 4 is 18.7 Å². The maximum atomic E-state index is 13.2. The van der Waals surface area contributed by atoms with Crippen LogP contribution in [-0.4, -0.2) is 42.4 Å². The lowest BCUT2D eigenvalue weighted by Crippen LogP contribution is -2.41. The lowest BCUT2D eigenvalue weighted by atomic mass is 9.77. The average Bonchev–Trinajstić information content (AvgIpc) is 2.75. The van der Waals surface area contributed by atoms with E-state index in [1.807, 2.05) is 0 Å². The van der Waals surface area contributed by atoms with Crippen LogP contribution in [0.2, 0.25) is 0 Å². The van der Waals surface area contributed by atoms with E-state index in [2.05, 4.69) is 0 Å². The van der Waals surface area contributed by atoms with Crippen LogP contribution in [0.4, 0.5) is 18.0 Å². The van der Waals surface area contributed by atoms with Crippen LogP contribution in [-0.2, 0) is 15.5 Å². The van der Waals surface area contributed by atoms with Crippen LogP contribution >= 0.6 is 0 Å². The summed E-state index contributed by atoms with van der Waals surface area (Å²) in [6, 6.07) is 2.91. The minimum Gasteiger partial charge on any atom is -0.411 e. The Bertz CT molecular complexity index is 686. The standard InChI is InChI=1S/C18H25BF3NO4/c1-7-23(8-2)15(24)25-14-10-9-12(18(20,21)22)11-13(14)19-26-16(3,4)17(5,6)27-19/h9-11H,7-8H2,1-6H3. The first-order valence-electron chi connectivity index (χ1n) is 8.86. The Morgan fingerprint density at radius 3 is 2.07 bits per heavy atom. The summed E-state index contributed by atoms with van der Waals surface area (Å²) in [5.41, 5.74) is -2.32.